The molecule has 1 aliphatic heterocycles. The smallest absolute Gasteiger partial charge is 0.410 e. The monoisotopic (exact) mass is 355 g/mol. The molecular weight excluding hydrogens is 330 g/mol. The van der Waals surface area contributed by atoms with Crippen molar-refractivity contribution in [2.45, 2.75) is 64.7 Å². The number of nitrogens with zero attached hydrogens (tertiary/aromatic N) is 2. The molecule has 7 heteroatoms. The van der Waals surface area contributed by atoms with E-state index in [2.05, 4.69) is 4.98 Å². The fourth-order valence-electron chi connectivity index (χ4n) is 2.63. The highest BCUT2D eigenvalue weighted by Crippen LogP contribution is 2.33. The number of halogens is 1. The Hall–Kier alpha value is -1.69. The van der Waals surface area contributed by atoms with Gasteiger partial charge in [-0.25, -0.2) is 9.78 Å². The number of amides is 1. The molecule has 1 aromatic heterocycles. The molecule has 2 heterocycles. The summed E-state index contributed by atoms with van der Waals surface area (Å²) in [6.45, 7) is 10.1. The Labute approximate surface area is 148 Å². The number of hydrogen-bond donors (Lipinski definition) is 1. The summed E-state index contributed by atoms with van der Waals surface area (Å²) in [5.74, 6) is 0.826. The number of likely N-dealkylation sites (tertiary alicyclic amines) is 1. The zero-order valence-electron chi connectivity index (χ0n) is 14.9. The van der Waals surface area contributed by atoms with Gasteiger partial charge < -0.3 is 15.2 Å². The second-order valence-corrected chi connectivity index (χ2v) is 8.13. The first kappa shape index (κ1) is 18.6. The number of rotatable bonds is 2. The number of anilines is 1. The molecule has 1 aliphatic rings. The lowest BCUT2D eigenvalue weighted by Crippen LogP contribution is -2.56. The molecule has 24 heavy (non-hydrogen) atoms. The topological polar surface area (TPSA) is 77.7 Å². The van der Waals surface area contributed by atoms with Crippen LogP contribution in [0.5, 0.6) is 5.75 Å². The molecule has 0 radical (unpaired) electrons. The third-order valence-corrected chi connectivity index (χ3v) is 4.23. The van der Waals surface area contributed by atoms with E-state index in [0.717, 1.165) is 12.8 Å². The van der Waals surface area contributed by atoms with Crippen molar-refractivity contribution in [2.75, 3.05) is 12.3 Å². The molecule has 134 valence electrons. The molecule has 1 saturated heterocycles. The van der Waals surface area contributed by atoms with Gasteiger partial charge in [0.1, 0.15) is 28.3 Å². The Balaban J connectivity index is 2.12. The second-order valence-electron chi connectivity index (χ2n) is 7.72. The van der Waals surface area contributed by atoms with Gasteiger partial charge in [-0.15, -0.1) is 0 Å². The number of carbonyl (C=O) groups is 1. The number of pyridine rings is 1. The highest BCUT2D eigenvalue weighted by molar-refractivity contribution is 6.31. The maximum atomic E-state index is 12.5. The van der Waals surface area contributed by atoms with E-state index in [1.807, 2.05) is 34.6 Å². The maximum Gasteiger partial charge on any atom is 0.410 e. The summed E-state index contributed by atoms with van der Waals surface area (Å²) in [5.41, 5.74) is 4.86. The summed E-state index contributed by atoms with van der Waals surface area (Å²) >= 11 is 6.11. The van der Waals surface area contributed by atoms with E-state index in [9.17, 15) is 4.79 Å². The van der Waals surface area contributed by atoms with Crippen molar-refractivity contribution in [2.24, 2.45) is 0 Å². The molecule has 6 nitrogen and oxygen atoms in total. The summed E-state index contributed by atoms with van der Waals surface area (Å²) in [7, 11) is 0. The van der Waals surface area contributed by atoms with Crippen LogP contribution >= 0.6 is 11.6 Å². The number of piperidine rings is 1. The van der Waals surface area contributed by atoms with Gasteiger partial charge in [0.15, 0.2) is 0 Å². The van der Waals surface area contributed by atoms with Crippen LogP contribution in [0.25, 0.3) is 0 Å². The molecule has 1 amide bonds. The predicted molar refractivity (Wildman–Crippen MR) is 94.3 cm³/mol. The van der Waals surface area contributed by atoms with E-state index >= 15 is 0 Å². The molecule has 0 aliphatic carbocycles. The molecular formula is C17H26ClN3O3. The van der Waals surface area contributed by atoms with Crippen molar-refractivity contribution in [3.05, 3.63) is 17.3 Å². The number of ether oxygens (including phenoxy) is 2. The van der Waals surface area contributed by atoms with Gasteiger partial charge in [0.05, 0.1) is 12.7 Å². The lowest BCUT2D eigenvalue weighted by Gasteiger charge is -2.45. The first-order valence-corrected chi connectivity index (χ1v) is 8.44. The molecule has 0 spiro atoms. The predicted octanol–water partition coefficient (Wildman–Crippen LogP) is 3.87. The zero-order chi connectivity index (χ0) is 18.1. The average molecular weight is 356 g/mol. The van der Waals surface area contributed by atoms with E-state index in [1.165, 1.54) is 6.20 Å². The van der Waals surface area contributed by atoms with Crippen LogP contribution in [0.15, 0.2) is 12.3 Å². The van der Waals surface area contributed by atoms with E-state index in [0.29, 0.717) is 23.1 Å². The maximum absolute atomic E-state index is 12.5. The van der Waals surface area contributed by atoms with Crippen molar-refractivity contribution in [1.29, 1.82) is 0 Å². The third-order valence-electron chi connectivity index (χ3n) is 3.94. The van der Waals surface area contributed by atoms with Crippen LogP contribution < -0.4 is 10.5 Å². The van der Waals surface area contributed by atoms with Gasteiger partial charge in [0, 0.05) is 11.6 Å². The fraction of sp³-hybridized carbons (Fsp3) is 0.647. The minimum atomic E-state index is -0.538. The molecule has 2 rings (SSSR count). The standard InChI is InChI=1S/C17H26ClN3O3/c1-16(2,3)24-15(22)21-10-11(6-7-17(21,4)5)23-13-8-14(19)20-9-12(13)18/h8-9,11H,6-7,10H2,1-5H3,(H2,19,20). The van der Waals surface area contributed by atoms with Gasteiger partial charge in [-0.3, -0.25) is 4.90 Å². The fourth-order valence-corrected chi connectivity index (χ4v) is 2.78. The molecule has 1 atom stereocenters. The minimum Gasteiger partial charge on any atom is -0.487 e. The Morgan fingerprint density at radius 1 is 1.46 bits per heavy atom. The van der Waals surface area contributed by atoms with E-state index in [1.54, 1.807) is 11.0 Å². The summed E-state index contributed by atoms with van der Waals surface area (Å²) < 4.78 is 11.5. The first-order valence-electron chi connectivity index (χ1n) is 8.06. The van der Waals surface area contributed by atoms with Crippen LogP contribution in [0.4, 0.5) is 10.6 Å². The first-order chi connectivity index (χ1) is 11.0. The van der Waals surface area contributed by atoms with Crippen LogP contribution in [0.3, 0.4) is 0 Å². The van der Waals surface area contributed by atoms with E-state index < -0.39 is 5.60 Å². The molecule has 0 bridgehead atoms. The Morgan fingerprint density at radius 3 is 2.75 bits per heavy atom. The van der Waals surface area contributed by atoms with E-state index in [-0.39, 0.29) is 17.7 Å². The highest BCUT2D eigenvalue weighted by atomic mass is 35.5. The van der Waals surface area contributed by atoms with Gasteiger partial charge >= 0.3 is 6.09 Å². The zero-order valence-corrected chi connectivity index (χ0v) is 15.7. The van der Waals surface area contributed by atoms with Gasteiger partial charge in [-0.2, -0.15) is 0 Å². The number of aromatic nitrogens is 1. The quantitative estimate of drug-likeness (QED) is 0.871. The van der Waals surface area contributed by atoms with Gasteiger partial charge in [0.25, 0.3) is 0 Å². The summed E-state index contributed by atoms with van der Waals surface area (Å²) in [5, 5.41) is 0.401. The minimum absolute atomic E-state index is 0.176. The van der Waals surface area contributed by atoms with Crippen molar-refractivity contribution in [1.82, 2.24) is 9.88 Å². The van der Waals surface area contributed by atoms with Crippen molar-refractivity contribution < 1.29 is 14.3 Å². The molecule has 0 saturated carbocycles. The van der Waals surface area contributed by atoms with Crippen molar-refractivity contribution in [3.63, 3.8) is 0 Å². The summed E-state index contributed by atoms with van der Waals surface area (Å²) in [6.07, 6.45) is 2.57. The van der Waals surface area contributed by atoms with Crippen LogP contribution in [-0.2, 0) is 4.74 Å². The molecule has 0 aromatic carbocycles. The molecule has 1 fully saturated rings. The molecule has 2 N–H and O–H groups in total. The second kappa shape index (κ2) is 6.67. The summed E-state index contributed by atoms with van der Waals surface area (Å²) in [6, 6.07) is 1.60. The largest absolute Gasteiger partial charge is 0.487 e. The number of nitrogens with two attached hydrogens (primary N) is 1. The average Bonchev–Trinajstić information content (AvgIpc) is 2.42. The Morgan fingerprint density at radius 2 is 2.12 bits per heavy atom. The highest BCUT2D eigenvalue weighted by Gasteiger charge is 2.40. The SMILES string of the molecule is CC(C)(C)OC(=O)N1CC(Oc2cc(N)ncc2Cl)CCC1(C)C. The lowest BCUT2D eigenvalue weighted by atomic mass is 9.89. The molecule has 1 unspecified atom stereocenters. The Bertz CT molecular complexity index is 614. The van der Waals surface area contributed by atoms with Gasteiger partial charge in [0.2, 0.25) is 0 Å². The third kappa shape index (κ3) is 4.66. The van der Waals surface area contributed by atoms with Crippen molar-refractivity contribution >= 4 is 23.5 Å². The van der Waals surface area contributed by atoms with Crippen LogP contribution in [-0.4, -0.2) is 39.8 Å². The van der Waals surface area contributed by atoms with Gasteiger partial charge in [-0.05, 0) is 47.5 Å². The lowest BCUT2D eigenvalue weighted by molar-refractivity contribution is -0.0288. The van der Waals surface area contributed by atoms with Gasteiger partial charge in [-0.1, -0.05) is 11.6 Å². The van der Waals surface area contributed by atoms with Crippen LogP contribution in [0.2, 0.25) is 5.02 Å². The van der Waals surface area contributed by atoms with Crippen molar-refractivity contribution in [3.8, 4) is 5.75 Å². The van der Waals surface area contributed by atoms with Crippen LogP contribution in [0.1, 0.15) is 47.5 Å². The van der Waals surface area contributed by atoms with Crippen LogP contribution in [0, 0.1) is 0 Å². The number of hydrogen-bond acceptors (Lipinski definition) is 5. The number of nitrogen functional groups attached to an aromatic ring is 1. The van der Waals surface area contributed by atoms with E-state index in [4.69, 9.17) is 26.8 Å². The Kier molecular flexibility index (Phi) is 5.18. The summed E-state index contributed by atoms with van der Waals surface area (Å²) in [4.78, 5) is 18.2. The number of carbonyl (C=O) groups excluding carboxylic acids is 1. The normalized spacial score (nSPS) is 20.6. The molecule has 1 aromatic rings.